The maximum atomic E-state index is 12.3. The number of aromatic hydroxyl groups is 2. The number of oxazole rings is 4. The number of phenolic OH excluding ortho intramolecular Hbond substituents is 1. The molecule has 19 rings (SSSR count). The van der Waals surface area contributed by atoms with Gasteiger partial charge in [0.1, 0.15) is 46.1 Å². The Kier molecular flexibility index (Phi) is 9.90. The fourth-order valence-electron chi connectivity index (χ4n) is 13.6. The predicted octanol–water partition coefficient (Wildman–Crippen LogP) is 11.1. The van der Waals surface area contributed by atoms with Crippen LogP contribution in [-0.4, -0.2) is 72.5 Å². The van der Waals surface area contributed by atoms with Gasteiger partial charge in [-0.25, -0.2) is 19.9 Å². The number of aromatic amines is 4. The van der Waals surface area contributed by atoms with E-state index in [9.17, 15) is 20.4 Å². The average molecular weight is 1150 g/mol. The van der Waals surface area contributed by atoms with E-state index in [0.29, 0.717) is 129 Å². The summed E-state index contributed by atoms with van der Waals surface area (Å²) >= 11 is 0. The van der Waals surface area contributed by atoms with Gasteiger partial charge in [-0.15, -0.1) is 0 Å². The number of aromatic nitrogens is 8. The molecule has 6 aliphatic rings. The van der Waals surface area contributed by atoms with Crippen molar-refractivity contribution in [3.05, 3.63) is 248 Å². The number of benzene rings is 4. The summed E-state index contributed by atoms with van der Waals surface area (Å²) in [6, 6.07) is 37.2. The van der Waals surface area contributed by atoms with E-state index in [1.165, 1.54) is 0 Å². The highest BCUT2D eigenvalue weighted by Gasteiger charge is 2.36. The van der Waals surface area contributed by atoms with Gasteiger partial charge in [0, 0.05) is 93.9 Å². The molecule has 0 saturated carbocycles. The average Bonchev–Trinajstić information content (AvgIpc) is 4.44. The third-order valence-corrected chi connectivity index (χ3v) is 17.9. The lowest BCUT2D eigenvalue weighted by molar-refractivity contribution is 0.284. The zero-order valence-electron chi connectivity index (χ0n) is 46.0. The first kappa shape index (κ1) is 48.6. The lowest BCUT2D eigenvalue weighted by Crippen LogP contribution is -2.24. The van der Waals surface area contributed by atoms with Crippen LogP contribution in [0.2, 0.25) is 0 Å². The Bertz CT molecular complexity index is 5990. The number of allylic oxidation sites excluding steroid dienone is 8. The molecule has 0 amide bonds. The van der Waals surface area contributed by atoms with Crippen LogP contribution in [0.3, 0.4) is 0 Å². The SMILES string of the molecule is Oc1c2c3ccc([nH]3)c(-c3ccc(C4=c5ccc([nH]5)=C5C=CC=C(c6nc7c(o6)C=CC6=CC=c8oc(nc8C67)=C6C=CC=C(c7ccc4[nH]7)C6O)C5O)cc3)c3ccc([nH]3)c3cccc(c3O)c3nc4c(ccc5ccc6oc(nc6c54)c1CC=C2)o3. The molecular formula is C72H44N8O8. The predicted molar refractivity (Wildman–Crippen MR) is 337 cm³/mol. The maximum absolute atomic E-state index is 12.3. The number of nitrogens with zero attached hydrogens (tertiary/aromatic N) is 4. The largest absolute Gasteiger partial charge is 0.507 e. The lowest BCUT2D eigenvalue weighted by Gasteiger charge is -2.19. The Morgan fingerprint density at radius 1 is 0.511 bits per heavy atom. The number of aliphatic hydroxyl groups excluding tert-OH is 2. The van der Waals surface area contributed by atoms with Crippen molar-refractivity contribution in [2.75, 3.05) is 0 Å². The maximum Gasteiger partial charge on any atom is 0.231 e. The number of para-hydroxylation sites is 1. The first-order chi connectivity index (χ1) is 43.2. The Morgan fingerprint density at radius 2 is 1.23 bits per heavy atom. The zero-order chi connectivity index (χ0) is 58.2. The van der Waals surface area contributed by atoms with Gasteiger partial charge in [-0.05, 0) is 113 Å². The number of H-pyrrole nitrogens is 4. The van der Waals surface area contributed by atoms with Gasteiger partial charge in [0.2, 0.25) is 22.9 Å². The van der Waals surface area contributed by atoms with E-state index >= 15 is 0 Å². The van der Waals surface area contributed by atoms with Crippen molar-refractivity contribution in [3.63, 3.8) is 0 Å². The molecule has 24 bridgehead atoms. The molecule has 8 N–H and O–H groups in total. The van der Waals surface area contributed by atoms with Crippen LogP contribution in [0.5, 0.6) is 11.5 Å². The third-order valence-electron chi connectivity index (χ3n) is 17.9. The fourth-order valence-corrected chi connectivity index (χ4v) is 13.6. The normalized spacial score (nSPS) is 17.9. The molecule has 0 spiro atoms. The number of fused-ring (bicyclic) bond motifs is 26. The topological polar surface area (TPSA) is 248 Å². The summed E-state index contributed by atoms with van der Waals surface area (Å²) in [5.74, 6) is 0.494. The van der Waals surface area contributed by atoms with Crippen molar-refractivity contribution < 1.29 is 38.1 Å². The Balaban J connectivity index is 0.813. The molecule has 1 aliphatic heterocycles. The van der Waals surface area contributed by atoms with Crippen molar-refractivity contribution in [2.45, 2.75) is 24.5 Å². The minimum atomic E-state index is -1.10. The van der Waals surface area contributed by atoms with E-state index in [-0.39, 0.29) is 22.9 Å². The van der Waals surface area contributed by atoms with Crippen LogP contribution in [0.15, 0.2) is 193 Å². The van der Waals surface area contributed by atoms with Gasteiger partial charge in [-0.2, -0.15) is 0 Å². The van der Waals surface area contributed by atoms with E-state index in [1.807, 2.05) is 158 Å². The molecule has 4 aromatic carbocycles. The Labute approximate surface area is 494 Å². The van der Waals surface area contributed by atoms with Gasteiger partial charge in [0.05, 0.1) is 16.9 Å². The van der Waals surface area contributed by atoms with Gasteiger partial charge in [-0.3, -0.25) is 0 Å². The van der Waals surface area contributed by atoms with Crippen LogP contribution in [-0.2, 0) is 6.42 Å². The van der Waals surface area contributed by atoms with Crippen LogP contribution in [0.1, 0.15) is 57.0 Å². The number of phenols is 1. The number of nitrogens with one attached hydrogen (secondary N) is 4. The summed E-state index contributed by atoms with van der Waals surface area (Å²) in [7, 11) is 0. The highest BCUT2D eigenvalue weighted by Crippen LogP contribution is 2.43. The highest BCUT2D eigenvalue weighted by molar-refractivity contribution is 6.17. The van der Waals surface area contributed by atoms with Crippen LogP contribution in [0, 0.1) is 0 Å². The van der Waals surface area contributed by atoms with E-state index in [4.69, 9.17) is 37.6 Å². The molecule has 0 radical (unpaired) electrons. The highest BCUT2D eigenvalue weighted by atomic mass is 16.4. The third kappa shape index (κ3) is 7.03. The van der Waals surface area contributed by atoms with Crippen molar-refractivity contribution in [1.82, 2.24) is 39.9 Å². The van der Waals surface area contributed by atoms with Gasteiger partial charge in [0.25, 0.3) is 0 Å². The van der Waals surface area contributed by atoms with Gasteiger partial charge in [0.15, 0.2) is 22.3 Å². The smallest absolute Gasteiger partial charge is 0.231 e. The molecular weight excluding hydrogens is 1100 g/mol. The van der Waals surface area contributed by atoms with Gasteiger partial charge < -0.3 is 58.0 Å². The Morgan fingerprint density at radius 3 is 2.08 bits per heavy atom. The number of aliphatic hydroxyl groups is 2. The molecule has 3 unspecified atom stereocenters. The van der Waals surface area contributed by atoms with Crippen molar-refractivity contribution in [2.24, 2.45) is 0 Å². The standard InChI is InChI=1S/C72H44N8O8/c81-65-37-5-1-9-41(65)69-77-61-53(85-69)29-17-35-18-30-54-62(59(35)61)78-70(86-54)42-10-2-6-38(66(42)82)46-22-26-50(74-46)57(49-25-21-45(37)73-49)33-13-15-34(16-14-33)58-51-27-23-47(75-51)39-7-3-11-43(67(39)83)71-79-63-55(87-71)31-19-36-20-32-56-64(60(36)63)80-72(88-56)44-12-4-8-40(68(44)84)48-24-28-52(58)76-48/h1-11,13-32,59,65-66,73-76,81-84H,12H2. The minimum Gasteiger partial charge on any atom is -0.507 e. The van der Waals surface area contributed by atoms with Gasteiger partial charge >= 0.3 is 0 Å². The molecule has 3 atom stereocenters. The molecule has 16 nitrogen and oxygen atoms in total. The molecule has 16 heteroatoms. The molecule has 13 aromatic rings. The summed E-state index contributed by atoms with van der Waals surface area (Å²) in [5.41, 5.74) is 16.7. The minimum absolute atomic E-state index is 0.0106. The summed E-state index contributed by atoms with van der Waals surface area (Å²) in [6.07, 6.45) is 21.1. The summed E-state index contributed by atoms with van der Waals surface area (Å²) < 4.78 is 25.8. The van der Waals surface area contributed by atoms with Crippen LogP contribution < -0.4 is 21.7 Å². The second-order valence-corrected chi connectivity index (χ2v) is 22.8. The van der Waals surface area contributed by atoms with Crippen LogP contribution in [0.25, 0.3) is 134 Å². The van der Waals surface area contributed by atoms with Crippen LogP contribution in [0.4, 0.5) is 0 Å². The summed E-state index contributed by atoms with van der Waals surface area (Å²) in [5, 5.41) is 53.0. The van der Waals surface area contributed by atoms with E-state index in [1.54, 1.807) is 6.07 Å². The molecule has 0 fully saturated rings. The summed E-state index contributed by atoms with van der Waals surface area (Å²) in [4.78, 5) is 34.8. The second kappa shape index (κ2) is 17.9. The molecule has 0 saturated heterocycles. The number of hydrogen-bond donors (Lipinski definition) is 8. The monoisotopic (exact) mass is 1150 g/mol. The summed E-state index contributed by atoms with van der Waals surface area (Å²) in [6.45, 7) is 0. The molecule has 9 aromatic heterocycles. The van der Waals surface area contributed by atoms with E-state index < -0.39 is 18.1 Å². The molecule has 420 valence electrons. The van der Waals surface area contributed by atoms with Crippen molar-refractivity contribution in [1.29, 1.82) is 0 Å². The van der Waals surface area contributed by atoms with Crippen molar-refractivity contribution in [3.8, 4) is 22.6 Å². The molecule has 5 aliphatic carbocycles. The van der Waals surface area contributed by atoms with E-state index in [0.717, 1.165) is 60.7 Å². The zero-order valence-corrected chi connectivity index (χ0v) is 46.0. The molecule has 10 heterocycles. The first-order valence-corrected chi connectivity index (χ1v) is 28.9. The second-order valence-electron chi connectivity index (χ2n) is 22.8. The Hall–Kier alpha value is -11.7. The fraction of sp³-hybridized carbons (Fsp3) is 0.0556. The lowest BCUT2D eigenvalue weighted by atomic mass is 9.85. The number of hydrogen-bond acceptors (Lipinski definition) is 12. The van der Waals surface area contributed by atoms with Crippen LogP contribution >= 0.6 is 0 Å². The van der Waals surface area contributed by atoms with Crippen molar-refractivity contribution >= 4 is 123 Å². The molecule has 88 heavy (non-hydrogen) atoms. The number of rotatable bonds is 2. The first-order valence-electron chi connectivity index (χ1n) is 28.9. The quantitative estimate of drug-likeness (QED) is 0.0805. The van der Waals surface area contributed by atoms with E-state index in [2.05, 4.69) is 44.2 Å². The van der Waals surface area contributed by atoms with Gasteiger partial charge in [-0.1, -0.05) is 103 Å².